The number of nitro groups is 2. The van der Waals surface area contributed by atoms with Crippen molar-refractivity contribution in [3.8, 4) is 0 Å². The molecule has 10 nitrogen and oxygen atoms in total. The van der Waals surface area contributed by atoms with E-state index in [1.54, 1.807) is 0 Å². The Balaban J connectivity index is 5.03. The molecule has 0 atom stereocenters. The molecule has 0 aliphatic heterocycles. The molecule has 0 rings (SSSR count). The maximum absolute atomic E-state index is 10.8. The molecule has 0 aliphatic rings. The third-order valence-electron chi connectivity index (χ3n) is 1.45. The zero-order valence-corrected chi connectivity index (χ0v) is 8.29. The van der Waals surface area contributed by atoms with E-state index in [2.05, 4.69) is 10.1 Å². The maximum Gasteiger partial charge on any atom is 0.530 e. The highest BCUT2D eigenvalue weighted by atomic mass is 35.5. The lowest BCUT2D eigenvalue weighted by Crippen LogP contribution is -2.53. The topological polar surface area (TPSA) is 134 Å². The van der Waals surface area contributed by atoms with Crippen LogP contribution in [0, 0.1) is 25.4 Å². The van der Waals surface area contributed by atoms with Gasteiger partial charge in [-0.15, -0.1) is 11.6 Å². The van der Waals surface area contributed by atoms with E-state index in [-0.39, 0.29) is 4.86 Å². The Morgan fingerprint density at radius 2 is 1.80 bits per heavy atom. The van der Waals surface area contributed by atoms with Crippen LogP contribution in [0.3, 0.4) is 0 Å². The number of halogens is 1. The zero-order valence-electron chi connectivity index (χ0n) is 7.53. The summed E-state index contributed by atoms with van der Waals surface area (Å²) < 4.78 is 0. The first-order chi connectivity index (χ1) is 6.90. The first-order valence-corrected chi connectivity index (χ1v) is 3.98. The monoisotopic (exact) mass is 242 g/mol. The average Bonchev–Trinajstić information content (AvgIpc) is 2.13. The van der Waals surface area contributed by atoms with Gasteiger partial charge in [-0.1, -0.05) is 0 Å². The number of nitrogens with zero attached hydrogens (tertiary/aromatic N) is 4. The standard InChI is InChI=1S/C4H7ClN4O6/c1-15-6-7(10)3-4(2-5,8(11)12)9(13)14/h2-3H2,1H3/b7-6-. The van der Waals surface area contributed by atoms with Crippen LogP contribution in [0.1, 0.15) is 0 Å². The minimum absolute atomic E-state index is 0.312. The molecule has 0 saturated carbocycles. The number of hydrogen-bond donors (Lipinski definition) is 0. The highest BCUT2D eigenvalue weighted by Crippen LogP contribution is 2.14. The minimum atomic E-state index is -2.79. The van der Waals surface area contributed by atoms with Crippen LogP contribution in [0.2, 0.25) is 0 Å². The van der Waals surface area contributed by atoms with Crippen LogP contribution in [0.15, 0.2) is 5.28 Å². The molecule has 0 aromatic heterocycles. The van der Waals surface area contributed by atoms with Gasteiger partial charge in [-0.3, -0.25) is 20.2 Å². The van der Waals surface area contributed by atoms with Gasteiger partial charge in [0.15, 0.2) is 11.2 Å². The van der Waals surface area contributed by atoms with Crippen LogP contribution in [0.25, 0.3) is 0 Å². The van der Waals surface area contributed by atoms with Gasteiger partial charge in [0.05, 0.1) is 0 Å². The van der Waals surface area contributed by atoms with E-state index < -0.39 is 27.9 Å². The summed E-state index contributed by atoms with van der Waals surface area (Å²) in [4.78, 5) is 22.1. The van der Waals surface area contributed by atoms with E-state index >= 15 is 0 Å². The minimum Gasteiger partial charge on any atom is -0.597 e. The van der Waals surface area contributed by atoms with Crippen molar-refractivity contribution in [3.05, 3.63) is 25.4 Å². The normalized spacial score (nSPS) is 12.3. The van der Waals surface area contributed by atoms with Crippen LogP contribution in [-0.2, 0) is 4.84 Å². The van der Waals surface area contributed by atoms with Crippen LogP contribution in [0.5, 0.6) is 0 Å². The third-order valence-corrected chi connectivity index (χ3v) is 1.88. The lowest BCUT2D eigenvalue weighted by Gasteiger charge is -2.11. The maximum atomic E-state index is 10.8. The Morgan fingerprint density at radius 3 is 2.07 bits per heavy atom. The first-order valence-electron chi connectivity index (χ1n) is 3.44. The van der Waals surface area contributed by atoms with Gasteiger partial charge in [0.1, 0.15) is 17.0 Å². The lowest BCUT2D eigenvalue weighted by atomic mass is 10.2. The van der Waals surface area contributed by atoms with E-state index in [0.717, 1.165) is 7.11 Å². The second-order valence-electron chi connectivity index (χ2n) is 2.40. The number of hydroxylamine groups is 1. The Labute approximate surface area is 87.9 Å². The molecular formula is C4H7ClN4O6. The summed E-state index contributed by atoms with van der Waals surface area (Å²) in [7, 11) is 1.02. The molecule has 0 saturated heterocycles. The summed E-state index contributed by atoms with van der Waals surface area (Å²) in [6.45, 7) is -1.13. The van der Waals surface area contributed by atoms with Gasteiger partial charge in [0.2, 0.25) is 0 Å². The van der Waals surface area contributed by atoms with Crippen molar-refractivity contribution in [1.29, 1.82) is 0 Å². The predicted molar refractivity (Wildman–Crippen MR) is 45.4 cm³/mol. The van der Waals surface area contributed by atoms with Gasteiger partial charge >= 0.3 is 12.2 Å². The Kier molecular flexibility index (Phi) is 4.64. The van der Waals surface area contributed by atoms with Gasteiger partial charge in [0.25, 0.3) is 0 Å². The molecule has 0 fully saturated rings. The molecule has 0 N–H and O–H groups in total. The van der Waals surface area contributed by atoms with Crippen molar-refractivity contribution in [3.63, 3.8) is 0 Å². The van der Waals surface area contributed by atoms with Crippen molar-refractivity contribution in [2.75, 3.05) is 19.5 Å². The van der Waals surface area contributed by atoms with Gasteiger partial charge < -0.3 is 10.0 Å². The van der Waals surface area contributed by atoms with Crippen molar-refractivity contribution < 1.29 is 19.5 Å². The highest BCUT2D eigenvalue weighted by molar-refractivity contribution is 6.18. The molecule has 0 aromatic rings. The second-order valence-corrected chi connectivity index (χ2v) is 2.67. The van der Waals surface area contributed by atoms with Crippen molar-refractivity contribution in [1.82, 2.24) is 0 Å². The van der Waals surface area contributed by atoms with Gasteiger partial charge in [-0.05, 0) is 4.86 Å². The molecule has 86 valence electrons. The van der Waals surface area contributed by atoms with E-state index in [1.807, 2.05) is 0 Å². The number of rotatable bonds is 6. The molecule has 0 bridgehead atoms. The summed E-state index contributed by atoms with van der Waals surface area (Å²) >= 11 is 5.13. The Hall–Kier alpha value is -1.71. The molecule has 15 heavy (non-hydrogen) atoms. The smallest absolute Gasteiger partial charge is 0.530 e. The van der Waals surface area contributed by atoms with Crippen LogP contribution in [0.4, 0.5) is 0 Å². The Morgan fingerprint density at radius 1 is 1.33 bits per heavy atom. The molecule has 11 heteroatoms. The SMILES string of the molecule is CO/N=[N+](\[O-])CC(CCl)([N+](=O)[O-])[N+](=O)[O-]. The fourth-order valence-corrected chi connectivity index (χ4v) is 0.938. The molecule has 0 amide bonds. The van der Waals surface area contributed by atoms with Crippen molar-refractivity contribution in [2.45, 2.75) is 5.66 Å². The number of alkyl halides is 1. The summed E-state index contributed by atoms with van der Waals surface area (Å²) in [5.74, 6) is -0.953. The van der Waals surface area contributed by atoms with E-state index in [9.17, 15) is 25.4 Å². The third kappa shape index (κ3) is 2.87. The van der Waals surface area contributed by atoms with Crippen LogP contribution in [-0.4, -0.2) is 39.9 Å². The summed E-state index contributed by atoms with van der Waals surface area (Å²) in [5.41, 5.74) is -2.79. The van der Waals surface area contributed by atoms with Crippen molar-refractivity contribution >= 4 is 11.6 Å². The summed E-state index contributed by atoms with van der Waals surface area (Å²) in [6, 6.07) is 0. The lowest BCUT2D eigenvalue weighted by molar-refractivity contribution is -0.819. The second kappa shape index (κ2) is 5.24. The van der Waals surface area contributed by atoms with Gasteiger partial charge in [0, 0.05) is 0 Å². The molecule has 0 aromatic carbocycles. The molecule has 0 heterocycles. The van der Waals surface area contributed by atoms with E-state index in [0.29, 0.717) is 0 Å². The molecule has 0 unspecified atom stereocenters. The summed E-state index contributed by atoms with van der Waals surface area (Å²) in [5, 5.41) is 34.4. The Bertz CT molecular complexity index is 279. The quantitative estimate of drug-likeness (QED) is 0.161. The fourth-order valence-electron chi connectivity index (χ4n) is 0.659. The average molecular weight is 243 g/mol. The van der Waals surface area contributed by atoms with Gasteiger partial charge in [-0.2, -0.15) is 0 Å². The largest absolute Gasteiger partial charge is 0.597 e. The van der Waals surface area contributed by atoms with Crippen LogP contribution >= 0.6 is 11.6 Å². The number of hydrogen-bond acceptors (Lipinski definition) is 7. The first kappa shape index (κ1) is 13.3. The molecular weight excluding hydrogens is 236 g/mol. The predicted octanol–water partition coefficient (Wildman–Crippen LogP) is -0.00120. The van der Waals surface area contributed by atoms with Gasteiger partial charge in [-0.25, -0.2) is 0 Å². The van der Waals surface area contributed by atoms with E-state index in [1.165, 1.54) is 0 Å². The summed E-state index contributed by atoms with van der Waals surface area (Å²) in [6.07, 6.45) is 0. The van der Waals surface area contributed by atoms with Crippen molar-refractivity contribution in [2.24, 2.45) is 5.28 Å². The fraction of sp³-hybridized carbons (Fsp3) is 1.00. The molecule has 0 radical (unpaired) electrons. The zero-order chi connectivity index (χ0) is 12.1. The van der Waals surface area contributed by atoms with E-state index in [4.69, 9.17) is 11.6 Å². The molecule has 0 spiro atoms. The molecule has 0 aliphatic carbocycles. The van der Waals surface area contributed by atoms with Crippen LogP contribution < -0.4 is 0 Å². The highest BCUT2D eigenvalue weighted by Gasteiger charge is 2.60.